The number of nitrogens with zero attached hydrogens (tertiary/aromatic N) is 3. The second-order valence-corrected chi connectivity index (χ2v) is 31.3. The van der Waals surface area contributed by atoms with Crippen LogP contribution in [0.5, 0.6) is 0 Å². The highest BCUT2D eigenvalue weighted by molar-refractivity contribution is 5.99. The highest BCUT2D eigenvalue weighted by Gasteiger charge is 2.37. The largest absolute Gasteiger partial charge is 0.354 e. The number of hydrogen-bond donors (Lipinski definition) is 9. The Kier molecular flexibility index (Phi) is 35.3. The molecule has 614 valence electrons. The van der Waals surface area contributed by atoms with Gasteiger partial charge in [-0.1, -0.05) is 227 Å². The van der Waals surface area contributed by atoms with Crippen LogP contribution >= 0.6 is 0 Å². The molecule has 12 N–H and O–H groups in total. The van der Waals surface area contributed by atoms with E-state index in [2.05, 4.69) is 167 Å². The van der Waals surface area contributed by atoms with Gasteiger partial charge in [0.05, 0.1) is 18.1 Å². The maximum atomic E-state index is 13.8. The maximum absolute atomic E-state index is 13.8. The summed E-state index contributed by atoms with van der Waals surface area (Å²) in [5.41, 5.74) is 28.0. The van der Waals surface area contributed by atoms with Crippen molar-refractivity contribution in [2.75, 3.05) is 78.5 Å². The van der Waals surface area contributed by atoms with E-state index in [1.807, 2.05) is 107 Å². The van der Waals surface area contributed by atoms with Crippen molar-refractivity contribution in [2.45, 2.75) is 165 Å². The standard InChI is InChI=1S/C34H37FN4O2.C32H40N4O2.C31H46N4O2/c35-29-16-15-26-20-28(14-13-27(26)21-29)33(40)37-22-30-17-19-39(34(41)32(38-30)12-7-18-36)23-31(24-8-3-1-4-9-24)25-10-5-2-6-11-25;1-23-15-16-27(20-24(23)2)31(37)34-21-28-17-19-36(32(38)30(35-28)14-9-18-33)22-29(25-10-5-3-6-11-25)26-12-7-4-8-13-26;1-3-5-13-24(4-2)30(36)33-22-27-19-21-35(31(37)29(34-27)18-12-20-32)23-28(25-14-8-6-9-15-25)26-16-10-7-11-17-26/h1-6,8-11,13-16,20-21,30-32,38H,7,12,17-19,22-23,36H2,(H,37,40);3-8,10-13,15-16,20,28-30,35H,9,14,17-19,21-22,33H2,1-2H3,(H,34,37);6-11,14-17,24,27-29,34H,3-5,12-13,18-23,32H2,1-2H3,(H,33,36)/t30-,32-;28-,30-;24?,27-,29-/m000/s1. The number of hydrogen-bond acceptors (Lipinski definition) is 12. The van der Waals surface area contributed by atoms with Gasteiger partial charge in [-0.2, -0.15) is 0 Å². The summed E-state index contributed by atoms with van der Waals surface area (Å²) in [7, 11) is 0. The van der Waals surface area contributed by atoms with Gasteiger partial charge in [-0.15, -0.1) is 0 Å². The van der Waals surface area contributed by atoms with Crippen LogP contribution in [0.2, 0.25) is 0 Å². The third-order valence-corrected chi connectivity index (χ3v) is 23.0. The Morgan fingerprint density at radius 2 is 0.741 bits per heavy atom. The van der Waals surface area contributed by atoms with Gasteiger partial charge >= 0.3 is 0 Å². The van der Waals surface area contributed by atoms with Crippen LogP contribution in [0.1, 0.15) is 180 Å². The highest BCUT2D eigenvalue weighted by atomic mass is 19.1. The third-order valence-electron chi connectivity index (χ3n) is 23.0. The van der Waals surface area contributed by atoms with Crippen molar-refractivity contribution in [2.24, 2.45) is 23.1 Å². The van der Waals surface area contributed by atoms with Crippen LogP contribution < -0.4 is 49.1 Å². The smallest absolute Gasteiger partial charge is 0.251 e. The first-order valence-corrected chi connectivity index (χ1v) is 42.2. The van der Waals surface area contributed by atoms with Crippen molar-refractivity contribution in [3.8, 4) is 0 Å². The van der Waals surface area contributed by atoms with Crippen molar-refractivity contribution in [3.05, 3.63) is 298 Å². The number of amides is 6. The van der Waals surface area contributed by atoms with E-state index < -0.39 is 0 Å². The molecule has 18 nitrogen and oxygen atoms in total. The average molecular weight is 1570 g/mol. The van der Waals surface area contributed by atoms with Gasteiger partial charge in [0, 0.05) is 112 Å². The van der Waals surface area contributed by atoms with E-state index in [4.69, 9.17) is 17.2 Å². The molecule has 0 saturated carbocycles. The molecule has 3 saturated heterocycles. The van der Waals surface area contributed by atoms with Gasteiger partial charge in [-0.05, 0) is 196 Å². The number of carbonyl (C=O) groups excluding carboxylic acids is 6. The van der Waals surface area contributed by atoms with Gasteiger partial charge in [0.1, 0.15) is 5.82 Å². The second kappa shape index (κ2) is 46.5. The van der Waals surface area contributed by atoms with Crippen molar-refractivity contribution in [1.82, 2.24) is 46.6 Å². The first kappa shape index (κ1) is 88.1. The van der Waals surface area contributed by atoms with Crippen molar-refractivity contribution < 1.29 is 33.2 Å². The zero-order chi connectivity index (χ0) is 82.0. The molecule has 3 fully saturated rings. The Hall–Kier alpha value is -10.3. The summed E-state index contributed by atoms with van der Waals surface area (Å²) in [6.07, 6.45) is 10.5. The van der Waals surface area contributed by atoms with E-state index in [0.717, 1.165) is 79.7 Å². The van der Waals surface area contributed by atoms with Gasteiger partial charge in [0.15, 0.2) is 0 Å². The molecule has 3 heterocycles. The van der Waals surface area contributed by atoms with Crippen LogP contribution in [0.15, 0.2) is 237 Å². The van der Waals surface area contributed by atoms with Crippen LogP contribution in [0.25, 0.3) is 10.8 Å². The van der Waals surface area contributed by atoms with Gasteiger partial charge in [0.2, 0.25) is 23.6 Å². The van der Waals surface area contributed by atoms with E-state index in [1.54, 1.807) is 24.3 Å². The number of benzene rings is 9. The van der Waals surface area contributed by atoms with Crippen LogP contribution in [0.4, 0.5) is 4.39 Å². The molecule has 1 unspecified atom stereocenters. The number of nitrogens with two attached hydrogens (primary N) is 3. The number of aryl methyl sites for hydroxylation is 2. The zero-order valence-corrected chi connectivity index (χ0v) is 68.4. The van der Waals surface area contributed by atoms with Crippen LogP contribution in [-0.4, -0.2) is 165 Å². The number of fused-ring (bicyclic) bond motifs is 1. The fourth-order valence-corrected chi connectivity index (χ4v) is 16.1. The zero-order valence-electron chi connectivity index (χ0n) is 68.4. The number of rotatable bonds is 34. The van der Waals surface area contributed by atoms with E-state index in [9.17, 15) is 33.2 Å². The molecule has 12 rings (SSSR count). The Morgan fingerprint density at radius 1 is 0.414 bits per heavy atom. The summed E-state index contributed by atoms with van der Waals surface area (Å²) < 4.78 is 13.5. The van der Waals surface area contributed by atoms with Crippen molar-refractivity contribution in [1.29, 1.82) is 0 Å². The van der Waals surface area contributed by atoms with E-state index in [1.165, 1.54) is 45.5 Å². The minimum Gasteiger partial charge on any atom is -0.354 e. The number of carbonyl (C=O) groups is 6. The van der Waals surface area contributed by atoms with Gasteiger partial charge in [-0.25, -0.2) is 4.39 Å². The van der Waals surface area contributed by atoms with Crippen LogP contribution in [0.3, 0.4) is 0 Å². The number of unbranched alkanes of at least 4 members (excludes halogenated alkanes) is 1. The molecule has 0 aliphatic carbocycles. The fraction of sp³-hybridized carbons (Fsp3) is 0.402. The molecule has 116 heavy (non-hydrogen) atoms. The highest BCUT2D eigenvalue weighted by Crippen LogP contribution is 2.32. The molecular weight excluding hydrogens is 1450 g/mol. The van der Waals surface area contributed by atoms with Gasteiger partial charge in [0.25, 0.3) is 11.8 Å². The summed E-state index contributed by atoms with van der Waals surface area (Å²) in [6, 6.07) is 76.8. The number of halogens is 1. The molecule has 0 spiro atoms. The first-order chi connectivity index (χ1) is 56.5. The molecule has 9 aromatic carbocycles. The third kappa shape index (κ3) is 26.1. The van der Waals surface area contributed by atoms with E-state index in [-0.39, 0.29) is 101 Å². The lowest BCUT2D eigenvalue weighted by molar-refractivity contribution is -0.133. The summed E-state index contributed by atoms with van der Waals surface area (Å²) in [5, 5.41) is 21.5. The molecule has 3 aliphatic heterocycles. The Bertz CT molecular complexity index is 4380. The average Bonchev–Trinajstić information content (AvgIpc) is 1.45. The normalized spacial score (nSPS) is 18.1. The molecule has 0 bridgehead atoms. The predicted molar refractivity (Wildman–Crippen MR) is 466 cm³/mol. The fourth-order valence-electron chi connectivity index (χ4n) is 16.1. The lowest BCUT2D eigenvalue weighted by atomic mass is 9.90. The molecule has 0 aromatic heterocycles. The first-order valence-electron chi connectivity index (χ1n) is 42.2. The quantitative estimate of drug-likeness (QED) is 0.0182. The Balaban J connectivity index is 0.000000184. The lowest BCUT2D eigenvalue weighted by Gasteiger charge is -2.29. The summed E-state index contributed by atoms with van der Waals surface area (Å²) in [5.74, 6) is 0.157. The number of nitrogens with one attached hydrogen (secondary N) is 6. The minimum atomic E-state index is -0.370. The monoisotopic (exact) mass is 1570 g/mol. The molecule has 6 amide bonds. The molecule has 3 aliphatic rings. The van der Waals surface area contributed by atoms with Gasteiger partial charge in [-0.3, -0.25) is 28.8 Å². The second-order valence-electron chi connectivity index (χ2n) is 31.3. The van der Waals surface area contributed by atoms with Crippen LogP contribution in [0, 0.1) is 25.6 Å². The lowest BCUT2D eigenvalue weighted by Crippen LogP contribution is -2.49. The van der Waals surface area contributed by atoms with Crippen LogP contribution in [-0.2, 0) is 19.2 Å². The SMILES string of the molecule is CCCCC(CC)C(=O)NC[C@@H]1CCN(CC(c2ccccc2)c2ccccc2)C(=O)[C@H](CCCN)N1.Cc1ccc(C(=O)NC[C@@H]2CCN(CC(c3ccccc3)c3ccccc3)C(=O)[C@H](CCCN)N2)cc1C.NCCC[C@@H]1N[C@H](CNC(=O)c2ccc3cc(F)ccc3c2)CCN(CC(c2ccccc2)c2ccccc2)C1=O. The molecule has 19 heteroatoms. The maximum Gasteiger partial charge on any atom is 0.251 e. The minimum absolute atomic E-state index is 0.00544. The van der Waals surface area contributed by atoms with Crippen molar-refractivity contribution in [3.63, 3.8) is 0 Å². The molecule has 9 aromatic rings. The summed E-state index contributed by atoms with van der Waals surface area (Å²) >= 11 is 0. The Morgan fingerprint density at radius 3 is 1.08 bits per heavy atom. The Labute approximate surface area is 687 Å². The van der Waals surface area contributed by atoms with E-state index in [0.29, 0.717) is 115 Å². The van der Waals surface area contributed by atoms with Gasteiger partial charge < -0.3 is 63.8 Å². The van der Waals surface area contributed by atoms with E-state index >= 15 is 0 Å². The summed E-state index contributed by atoms with van der Waals surface area (Å²) in [6.45, 7) is 15.0. The molecule has 0 radical (unpaired) electrons. The topological polar surface area (TPSA) is 262 Å². The van der Waals surface area contributed by atoms with Crippen molar-refractivity contribution >= 4 is 46.2 Å². The molecule has 7 atom stereocenters. The molecular formula is C97H123FN12O6. The summed E-state index contributed by atoms with van der Waals surface area (Å²) in [4.78, 5) is 86.0. The predicted octanol–water partition coefficient (Wildman–Crippen LogP) is 13.5.